The van der Waals surface area contributed by atoms with E-state index < -0.39 is 5.78 Å². The van der Waals surface area contributed by atoms with Crippen LogP contribution in [-0.4, -0.2) is 26.2 Å². The van der Waals surface area contributed by atoms with E-state index in [0.717, 1.165) is 11.6 Å². The van der Waals surface area contributed by atoms with Crippen LogP contribution in [0.25, 0.3) is 6.08 Å². The van der Waals surface area contributed by atoms with Gasteiger partial charge in [-0.1, -0.05) is 11.6 Å². The van der Waals surface area contributed by atoms with Crippen molar-refractivity contribution in [3.8, 4) is 23.0 Å². The topological polar surface area (TPSA) is 98.0 Å². The summed E-state index contributed by atoms with van der Waals surface area (Å²) in [6.07, 6.45) is 4.95. The summed E-state index contributed by atoms with van der Waals surface area (Å²) in [7, 11) is 0. The molecule has 0 aliphatic carbocycles. The zero-order chi connectivity index (χ0) is 18.6. The van der Waals surface area contributed by atoms with Crippen molar-refractivity contribution in [2.45, 2.75) is 20.3 Å². The van der Waals surface area contributed by atoms with Crippen molar-refractivity contribution in [3.63, 3.8) is 0 Å². The number of benzene rings is 2. The fourth-order valence-corrected chi connectivity index (χ4v) is 2.23. The number of phenolic OH excluding ortho intramolecular Hbond substituents is 4. The van der Waals surface area contributed by atoms with Crippen molar-refractivity contribution in [3.05, 3.63) is 64.7 Å². The summed E-state index contributed by atoms with van der Waals surface area (Å²) < 4.78 is 0. The van der Waals surface area contributed by atoms with Gasteiger partial charge in [-0.3, -0.25) is 4.79 Å². The fourth-order valence-electron chi connectivity index (χ4n) is 2.23. The van der Waals surface area contributed by atoms with Crippen LogP contribution in [-0.2, 0) is 6.42 Å². The van der Waals surface area contributed by atoms with Crippen LogP contribution in [0.3, 0.4) is 0 Å². The number of phenols is 4. The molecule has 2 rings (SSSR count). The predicted molar refractivity (Wildman–Crippen MR) is 96.0 cm³/mol. The quantitative estimate of drug-likeness (QED) is 0.376. The zero-order valence-corrected chi connectivity index (χ0v) is 14.0. The molecule has 0 aliphatic heterocycles. The molecular weight excluding hydrogens is 320 g/mol. The molecule has 0 heterocycles. The van der Waals surface area contributed by atoms with Gasteiger partial charge in [-0.15, -0.1) is 0 Å². The summed E-state index contributed by atoms with van der Waals surface area (Å²) in [6.45, 7) is 3.85. The van der Waals surface area contributed by atoms with Crippen molar-refractivity contribution in [2.24, 2.45) is 0 Å². The summed E-state index contributed by atoms with van der Waals surface area (Å²) in [5, 5.41) is 38.8. The second kappa shape index (κ2) is 7.57. The first-order chi connectivity index (χ1) is 11.8. The van der Waals surface area contributed by atoms with Crippen LogP contribution in [0.4, 0.5) is 0 Å². The second-order valence-corrected chi connectivity index (χ2v) is 5.92. The highest BCUT2D eigenvalue weighted by atomic mass is 16.3. The second-order valence-electron chi connectivity index (χ2n) is 5.92. The maximum atomic E-state index is 12.3. The first-order valence-corrected chi connectivity index (χ1v) is 7.70. The van der Waals surface area contributed by atoms with Crippen molar-refractivity contribution < 1.29 is 25.2 Å². The van der Waals surface area contributed by atoms with Gasteiger partial charge < -0.3 is 20.4 Å². The van der Waals surface area contributed by atoms with Crippen molar-refractivity contribution in [2.75, 3.05) is 0 Å². The minimum atomic E-state index is -0.469. The molecule has 0 aromatic heterocycles. The van der Waals surface area contributed by atoms with Crippen LogP contribution >= 0.6 is 0 Å². The van der Waals surface area contributed by atoms with Crippen molar-refractivity contribution in [1.29, 1.82) is 0 Å². The highest BCUT2D eigenvalue weighted by molar-refractivity contribution is 6.09. The molecule has 5 heteroatoms. The van der Waals surface area contributed by atoms with E-state index in [9.17, 15) is 25.2 Å². The molecule has 0 amide bonds. The SMILES string of the molecule is CC(C)=CCc1cc(C(=O)/C=C/c2ccc(O)cc2O)c(O)cc1O. The summed E-state index contributed by atoms with van der Waals surface area (Å²) >= 11 is 0. The molecule has 130 valence electrons. The molecule has 0 saturated carbocycles. The lowest BCUT2D eigenvalue weighted by atomic mass is 10.0. The molecular formula is C20H20O5. The Balaban J connectivity index is 2.30. The van der Waals surface area contributed by atoms with Gasteiger partial charge >= 0.3 is 0 Å². The number of rotatable bonds is 5. The van der Waals surface area contributed by atoms with E-state index in [1.165, 1.54) is 36.4 Å². The molecule has 0 unspecified atom stereocenters. The molecule has 0 aliphatic rings. The largest absolute Gasteiger partial charge is 0.508 e. The smallest absolute Gasteiger partial charge is 0.189 e. The van der Waals surface area contributed by atoms with Crippen molar-refractivity contribution >= 4 is 11.9 Å². The van der Waals surface area contributed by atoms with E-state index in [4.69, 9.17) is 0 Å². The van der Waals surface area contributed by atoms with Crippen LogP contribution < -0.4 is 0 Å². The lowest BCUT2D eigenvalue weighted by Crippen LogP contribution is -1.97. The summed E-state index contributed by atoms with van der Waals surface area (Å²) in [6, 6.07) is 6.62. The highest BCUT2D eigenvalue weighted by Crippen LogP contribution is 2.29. The van der Waals surface area contributed by atoms with Gasteiger partial charge in [0.15, 0.2) is 5.78 Å². The average molecular weight is 340 g/mol. The Hall–Kier alpha value is -3.21. The van der Waals surface area contributed by atoms with Gasteiger partial charge in [0, 0.05) is 17.7 Å². The molecule has 0 saturated heterocycles. The van der Waals surface area contributed by atoms with Gasteiger partial charge in [-0.25, -0.2) is 0 Å². The van der Waals surface area contributed by atoms with Crippen LogP contribution in [0.15, 0.2) is 48.1 Å². The molecule has 0 bridgehead atoms. The number of allylic oxidation sites excluding steroid dienone is 3. The normalized spacial score (nSPS) is 10.8. The number of aromatic hydroxyl groups is 4. The Labute approximate surface area is 145 Å². The first kappa shape index (κ1) is 18.1. The number of carbonyl (C=O) groups is 1. The Morgan fingerprint density at radius 1 is 0.960 bits per heavy atom. The maximum absolute atomic E-state index is 12.3. The molecule has 0 radical (unpaired) electrons. The molecule has 4 N–H and O–H groups in total. The Morgan fingerprint density at radius 2 is 1.68 bits per heavy atom. The van der Waals surface area contributed by atoms with Gasteiger partial charge in [0.1, 0.15) is 23.0 Å². The van der Waals surface area contributed by atoms with Crippen LogP contribution in [0.2, 0.25) is 0 Å². The molecule has 5 nitrogen and oxygen atoms in total. The monoisotopic (exact) mass is 340 g/mol. The molecule has 0 fully saturated rings. The number of carbonyl (C=O) groups excluding carboxylic acids is 1. The Kier molecular flexibility index (Phi) is 5.49. The lowest BCUT2D eigenvalue weighted by molar-refractivity contribution is 0.104. The van der Waals surface area contributed by atoms with Crippen LogP contribution in [0.5, 0.6) is 23.0 Å². The fraction of sp³-hybridized carbons (Fsp3) is 0.150. The molecule has 2 aromatic carbocycles. The van der Waals surface area contributed by atoms with E-state index in [1.807, 2.05) is 19.9 Å². The third-order valence-corrected chi connectivity index (χ3v) is 3.62. The minimum Gasteiger partial charge on any atom is -0.508 e. The van der Waals surface area contributed by atoms with Gasteiger partial charge in [-0.05, 0) is 56.2 Å². The third-order valence-electron chi connectivity index (χ3n) is 3.62. The zero-order valence-electron chi connectivity index (χ0n) is 14.0. The maximum Gasteiger partial charge on any atom is 0.189 e. The van der Waals surface area contributed by atoms with E-state index >= 15 is 0 Å². The molecule has 0 spiro atoms. The third kappa shape index (κ3) is 4.64. The number of hydrogen-bond acceptors (Lipinski definition) is 5. The molecule has 25 heavy (non-hydrogen) atoms. The first-order valence-electron chi connectivity index (χ1n) is 7.70. The van der Waals surface area contributed by atoms with Gasteiger partial charge in [0.25, 0.3) is 0 Å². The predicted octanol–water partition coefficient (Wildman–Crippen LogP) is 3.91. The van der Waals surface area contributed by atoms with E-state index in [1.54, 1.807) is 0 Å². The summed E-state index contributed by atoms with van der Waals surface area (Å²) in [5.74, 6) is -1.11. The highest BCUT2D eigenvalue weighted by Gasteiger charge is 2.13. The average Bonchev–Trinajstić information content (AvgIpc) is 2.52. The van der Waals surface area contributed by atoms with E-state index in [-0.39, 0.29) is 28.6 Å². The van der Waals surface area contributed by atoms with Crippen molar-refractivity contribution in [1.82, 2.24) is 0 Å². The standard InChI is InChI=1S/C20H20O5/c1-12(2)3-4-14-9-16(20(25)11-19(14)24)17(22)8-6-13-5-7-15(21)10-18(13)23/h3,5-11,21,23-25H,4H2,1-2H3/b8-6+. The Morgan fingerprint density at radius 3 is 2.32 bits per heavy atom. The molecule has 2 aromatic rings. The number of hydrogen-bond donors (Lipinski definition) is 4. The van der Waals surface area contributed by atoms with E-state index in [0.29, 0.717) is 17.5 Å². The summed E-state index contributed by atoms with van der Waals surface area (Å²) in [4.78, 5) is 12.3. The van der Waals surface area contributed by atoms with Crippen LogP contribution in [0, 0.1) is 0 Å². The van der Waals surface area contributed by atoms with Gasteiger partial charge in [-0.2, -0.15) is 0 Å². The van der Waals surface area contributed by atoms with E-state index in [2.05, 4.69) is 0 Å². The number of ketones is 1. The van der Waals surface area contributed by atoms with Gasteiger partial charge in [0.2, 0.25) is 0 Å². The lowest BCUT2D eigenvalue weighted by Gasteiger charge is -2.07. The van der Waals surface area contributed by atoms with Gasteiger partial charge in [0.05, 0.1) is 5.56 Å². The summed E-state index contributed by atoms with van der Waals surface area (Å²) in [5.41, 5.74) is 2.02. The molecule has 0 atom stereocenters. The minimum absolute atomic E-state index is 0.0597. The Bertz CT molecular complexity index is 859. The van der Waals surface area contributed by atoms with Crippen LogP contribution in [0.1, 0.15) is 35.3 Å².